The van der Waals surface area contributed by atoms with Gasteiger partial charge in [-0.1, -0.05) is 43.3 Å². The first-order valence-corrected chi connectivity index (χ1v) is 18.7. The summed E-state index contributed by atoms with van der Waals surface area (Å²) >= 11 is 0. The lowest BCUT2D eigenvalue weighted by atomic mass is 9.89. The molecule has 4 heterocycles. The summed E-state index contributed by atoms with van der Waals surface area (Å²) in [4.78, 5) is 53.3. The summed E-state index contributed by atoms with van der Waals surface area (Å²) in [5.41, 5.74) is 3.57. The van der Waals surface area contributed by atoms with Crippen LogP contribution < -0.4 is 36.4 Å². The van der Waals surface area contributed by atoms with Crippen LogP contribution in [0.1, 0.15) is 43.7 Å². The highest BCUT2D eigenvalue weighted by atomic mass is 16.6. The van der Waals surface area contributed by atoms with Gasteiger partial charge in [-0.2, -0.15) is 0 Å². The Bertz CT molecular complexity index is 2030. The van der Waals surface area contributed by atoms with Crippen molar-refractivity contribution in [2.75, 3.05) is 66.8 Å². The molecular formula is C41H51N9O6. The highest BCUT2D eigenvalue weighted by Crippen LogP contribution is 2.32. The number of nitrogens with zero attached hydrogens (tertiary/aromatic N) is 4. The van der Waals surface area contributed by atoms with Gasteiger partial charge in [0.05, 0.1) is 48.0 Å². The molecule has 15 heteroatoms. The average molecular weight is 766 g/mol. The molecule has 2 saturated heterocycles. The molecule has 0 saturated carbocycles. The number of fused-ring (bicyclic) bond motifs is 1. The maximum Gasteiger partial charge on any atom is 0.408 e. The lowest BCUT2D eigenvalue weighted by molar-refractivity contribution is 0.0476. The number of anilines is 4. The Balaban J connectivity index is 1.28. The summed E-state index contributed by atoms with van der Waals surface area (Å²) in [6, 6.07) is 18.4. The van der Waals surface area contributed by atoms with Gasteiger partial charge in [-0.3, -0.25) is 9.78 Å². The predicted octanol–water partition coefficient (Wildman–Crippen LogP) is 5.47. The highest BCUT2D eigenvalue weighted by Gasteiger charge is 2.38. The normalized spacial score (nSPS) is 18.4. The Hall–Kier alpha value is -6.09. The minimum atomic E-state index is -0.727. The second-order valence-corrected chi connectivity index (χ2v) is 15.0. The Morgan fingerprint density at radius 3 is 2.43 bits per heavy atom. The van der Waals surface area contributed by atoms with Crippen molar-refractivity contribution in [3.63, 3.8) is 0 Å². The van der Waals surface area contributed by atoms with Crippen LogP contribution in [0.2, 0.25) is 0 Å². The van der Waals surface area contributed by atoms with Crippen LogP contribution in [0.5, 0.6) is 0 Å². The summed E-state index contributed by atoms with van der Waals surface area (Å²) in [7, 11) is 1.29. The average Bonchev–Trinajstić information content (AvgIpc) is 3.18. The highest BCUT2D eigenvalue weighted by molar-refractivity contribution is 6.09. The van der Waals surface area contributed by atoms with Gasteiger partial charge in [0.15, 0.2) is 11.6 Å². The smallest absolute Gasteiger partial charge is 0.408 e. The molecule has 2 aliphatic rings. The summed E-state index contributed by atoms with van der Waals surface area (Å²) in [6.45, 7) is 15.9. The molecule has 0 aliphatic carbocycles. The molecule has 15 nitrogen and oxygen atoms in total. The molecule has 0 radical (unpaired) electrons. The quantitative estimate of drug-likeness (QED) is 0.122. The van der Waals surface area contributed by atoms with E-state index in [9.17, 15) is 14.4 Å². The van der Waals surface area contributed by atoms with Gasteiger partial charge in [0.2, 0.25) is 0 Å². The van der Waals surface area contributed by atoms with Crippen LogP contribution in [0.15, 0.2) is 85.5 Å². The van der Waals surface area contributed by atoms with Gasteiger partial charge in [0, 0.05) is 56.5 Å². The zero-order valence-corrected chi connectivity index (χ0v) is 32.6. The van der Waals surface area contributed by atoms with Crippen molar-refractivity contribution in [2.45, 2.75) is 52.0 Å². The van der Waals surface area contributed by atoms with Crippen LogP contribution >= 0.6 is 0 Å². The van der Waals surface area contributed by atoms with Gasteiger partial charge in [-0.25, -0.2) is 14.6 Å². The zero-order chi connectivity index (χ0) is 39.8. The molecule has 4 aromatic rings. The molecule has 3 amide bonds. The second kappa shape index (κ2) is 17.6. The lowest BCUT2D eigenvalue weighted by Crippen LogP contribution is -2.64. The molecule has 3 atom stereocenters. The number of benzene rings is 2. The number of piperidine rings is 1. The second-order valence-electron chi connectivity index (χ2n) is 15.0. The number of carbonyl (C=O) groups is 3. The maximum absolute atomic E-state index is 14.4. The number of carbonyl (C=O) groups excluding carboxylic acids is 3. The van der Waals surface area contributed by atoms with E-state index in [1.807, 2.05) is 60.4 Å². The molecule has 296 valence electrons. The van der Waals surface area contributed by atoms with Crippen LogP contribution in [0, 0.1) is 5.92 Å². The number of alkyl carbamates (subject to hydrolysis) is 2. The topological polar surface area (TPSA) is 171 Å². The number of hydrogen-bond donors (Lipinski definition) is 5. The number of hydrogen-bond acceptors (Lipinski definition) is 12. The van der Waals surface area contributed by atoms with E-state index in [-0.39, 0.29) is 30.6 Å². The molecule has 0 spiro atoms. The van der Waals surface area contributed by atoms with Gasteiger partial charge in [0.25, 0.3) is 5.91 Å². The van der Waals surface area contributed by atoms with Gasteiger partial charge >= 0.3 is 12.2 Å². The van der Waals surface area contributed by atoms with E-state index in [1.165, 1.54) is 7.11 Å². The van der Waals surface area contributed by atoms with Crippen LogP contribution in [0.3, 0.4) is 0 Å². The van der Waals surface area contributed by atoms with Crippen molar-refractivity contribution < 1.29 is 28.6 Å². The maximum atomic E-state index is 14.4. The Kier molecular flexibility index (Phi) is 12.4. The molecule has 0 unspecified atom stereocenters. The first-order valence-electron chi connectivity index (χ1n) is 18.7. The molecule has 6 rings (SSSR count). The summed E-state index contributed by atoms with van der Waals surface area (Å²) in [6.07, 6.45) is 1.99. The molecule has 2 aliphatic heterocycles. The fourth-order valence-corrected chi connectivity index (χ4v) is 6.93. The van der Waals surface area contributed by atoms with Crippen molar-refractivity contribution in [1.29, 1.82) is 0 Å². The van der Waals surface area contributed by atoms with Crippen LogP contribution in [0.4, 0.5) is 32.3 Å². The third-order valence-electron chi connectivity index (χ3n) is 9.56. The largest absolute Gasteiger partial charge is 0.475 e. The lowest BCUT2D eigenvalue weighted by Gasteiger charge is -2.44. The molecular weight excluding hydrogens is 715 g/mol. The van der Waals surface area contributed by atoms with E-state index < -0.39 is 35.8 Å². The number of pyridine rings is 2. The number of rotatable bonds is 11. The Morgan fingerprint density at radius 1 is 0.929 bits per heavy atom. The van der Waals surface area contributed by atoms with Crippen molar-refractivity contribution in [3.8, 4) is 0 Å². The Morgan fingerprint density at radius 2 is 1.70 bits per heavy atom. The summed E-state index contributed by atoms with van der Waals surface area (Å²) < 4.78 is 16.4. The predicted molar refractivity (Wildman–Crippen MR) is 217 cm³/mol. The summed E-state index contributed by atoms with van der Waals surface area (Å²) in [5.74, 6) is -0.389. The first kappa shape index (κ1) is 39.6. The van der Waals surface area contributed by atoms with E-state index in [4.69, 9.17) is 19.2 Å². The number of ether oxygens (including phenoxy) is 3. The molecule has 0 bridgehead atoms. The van der Waals surface area contributed by atoms with E-state index in [0.717, 1.165) is 42.8 Å². The van der Waals surface area contributed by atoms with Crippen LogP contribution in [-0.2, 0) is 20.8 Å². The number of amides is 3. The zero-order valence-electron chi connectivity index (χ0n) is 32.6. The molecule has 56 heavy (non-hydrogen) atoms. The van der Waals surface area contributed by atoms with Gasteiger partial charge in [-0.05, 0) is 63.1 Å². The third-order valence-corrected chi connectivity index (χ3v) is 9.56. The van der Waals surface area contributed by atoms with Crippen molar-refractivity contribution in [1.82, 2.24) is 25.9 Å². The molecule has 2 fully saturated rings. The standard InChI is InChI=1S/C41H51N9O6/c1-26-23-50(24-34(36(26)48-39(52)54-6)47-40(53)56-41(3,4)5)35-14-15-43-22-33(35)46-38(51)37-32(44-27(2)55-25-28-10-8-7-9-11-28)20-29-12-13-30(21-31(29)45-37)49-18-16-42-17-19-49/h7-15,20-22,26,34,36,42,44H,2,16-19,23-25H2,1,3-6H3,(H,46,51)(H,47,53)(H,48,52)/t26-,34+,36-/m0/s1. The third kappa shape index (κ3) is 10.2. The molecule has 2 aromatic heterocycles. The summed E-state index contributed by atoms with van der Waals surface area (Å²) in [5, 5.41) is 16.3. The van der Waals surface area contributed by atoms with Gasteiger partial charge in [-0.15, -0.1) is 0 Å². The fourth-order valence-electron chi connectivity index (χ4n) is 6.93. The number of methoxy groups -OCH3 is 1. The minimum Gasteiger partial charge on any atom is -0.475 e. The van der Waals surface area contributed by atoms with Gasteiger partial charge < -0.3 is 50.6 Å². The number of aromatic nitrogens is 2. The van der Waals surface area contributed by atoms with Crippen molar-refractivity contribution >= 4 is 51.7 Å². The van der Waals surface area contributed by atoms with E-state index in [1.54, 1.807) is 39.2 Å². The SMILES string of the molecule is C=C(Nc1cc2ccc(N3CCNCC3)cc2nc1C(=O)Nc1cnccc1N1C[C@H](C)[C@H](NC(=O)OC)[C@H](NC(=O)OC(C)(C)C)C1)OCc1ccccc1. The number of piperazine rings is 1. The Labute approximate surface area is 327 Å². The van der Waals surface area contributed by atoms with Gasteiger partial charge in [0.1, 0.15) is 12.2 Å². The minimum absolute atomic E-state index is 0.132. The van der Waals surface area contributed by atoms with Crippen molar-refractivity contribution in [3.05, 3.63) is 96.8 Å². The molecule has 2 aromatic carbocycles. The van der Waals surface area contributed by atoms with Crippen molar-refractivity contribution in [2.24, 2.45) is 5.92 Å². The first-order chi connectivity index (χ1) is 26.9. The van der Waals surface area contributed by atoms with Crippen LogP contribution in [0.25, 0.3) is 10.9 Å². The van der Waals surface area contributed by atoms with Crippen LogP contribution in [-0.4, -0.2) is 92.1 Å². The number of nitrogens with one attached hydrogen (secondary N) is 5. The molecule has 5 N–H and O–H groups in total. The van der Waals surface area contributed by atoms with E-state index in [0.29, 0.717) is 29.1 Å². The van der Waals surface area contributed by atoms with E-state index in [2.05, 4.69) is 49.1 Å². The fraction of sp³-hybridized carbons (Fsp3) is 0.390. The monoisotopic (exact) mass is 765 g/mol. The van der Waals surface area contributed by atoms with E-state index >= 15 is 0 Å².